The van der Waals surface area contributed by atoms with Crippen LogP contribution in [0, 0.1) is 11.7 Å². The number of piperazine rings is 1. The normalized spacial score (nSPS) is 22.5. The van der Waals surface area contributed by atoms with E-state index >= 15 is 0 Å². The van der Waals surface area contributed by atoms with Gasteiger partial charge < -0.3 is 5.32 Å². The van der Waals surface area contributed by atoms with Crippen LogP contribution in [0.3, 0.4) is 0 Å². The maximum atomic E-state index is 13.2. The highest BCUT2D eigenvalue weighted by Crippen LogP contribution is 2.38. The molecule has 0 bridgehead atoms. The molecule has 21 heavy (non-hydrogen) atoms. The maximum absolute atomic E-state index is 13.2. The van der Waals surface area contributed by atoms with E-state index in [0.29, 0.717) is 6.04 Å². The summed E-state index contributed by atoms with van der Waals surface area (Å²) in [4.78, 5) is 2.61. The van der Waals surface area contributed by atoms with Crippen molar-refractivity contribution in [2.24, 2.45) is 5.92 Å². The summed E-state index contributed by atoms with van der Waals surface area (Å²) in [6.07, 6.45) is 6.75. The number of nitrogens with one attached hydrogen (secondary N) is 1. The summed E-state index contributed by atoms with van der Waals surface area (Å²) in [6.45, 7) is 4.37. The molecule has 1 aliphatic carbocycles. The highest BCUT2D eigenvalue weighted by Gasteiger charge is 2.30. The first kappa shape index (κ1) is 16.7. The first-order chi connectivity index (χ1) is 9.84. The monoisotopic (exact) mass is 312 g/mol. The van der Waals surface area contributed by atoms with Crippen LogP contribution < -0.4 is 5.32 Å². The second-order valence-corrected chi connectivity index (χ2v) is 6.18. The fourth-order valence-electron chi connectivity index (χ4n) is 3.85. The van der Waals surface area contributed by atoms with E-state index in [1.807, 2.05) is 12.1 Å². The molecule has 0 radical (unpaired) electrons. The molecular weight excluding hydrogens is 287 g/mol. The van der Waals surface area contributed by atoms with E-state index in [0.717, 1.165) is 32.1 Å². The molecule has 4 heteroatoms. The second-order valence-electron chi connectivity index (χ2n) is 6.18. The summed E-state index contributed by atoms with van der Waals surface area (Å²) in [5, 5.41) is 3.43. The third-order valence-electron chi connectivity index (χ3n) is 4.85. The minimum atomic E-state index is -0.128. The van der Waals surface area contributed by atoms with E-state index < -0.39 is 0 Å². The van der Waals surface area contributed by atoms with E-state index in [-0.39, 0.29) is 18.2 Å². The van der Waals surface area contributed by atoms with Crippen LogP contribution >= 0.6 is 12.4 Å². The Bertz CT molecular complexity index is 393. The third-order valence-corrected chi connectivity index (χ3v) is 4.85. The summed E-state index contributed by atoms with van der Waals surface area (Å²) in [5.74, 6) is 0.615. The number of hydrogen-bond donors (Lipinski definition) is 1. The largest absolute Gasteiger partial charge is 0.314 e. The van der Waals surface area contributed by atoms with Gasteiger partial charge in [0.25, 0.3) is 0 Å². The Labute approximate surface area is 133 Å². The highest BCUT2D eigenvalue weighted by atomic mass is 35.5. The van der Waals surface area contributed by atoms with Crippen molar-refractivity contribution in [3.05, 3.63) is 35.6 Å². The summed E-state index contributed by atoms with van der Waals surface area (Å²) in [6, 6.07) is 7.71. The van der Waals surface area contributed by atoms with Gasteiger partial charge in [0.1, 0.15) is 5.82 Å². The molecule has 1 aliphatic heterocycles. The summed E-state index contributed by atoms with van der Waals surface area (Å²) in [5.41, 5.74) is 1.31. The lowest BCUT2D eigenvalue weighted by molar-refractivity contribution is 0.103. The first-order valence-corrected chi connectivity index (χ1v) is 8.05. The molecule has 0 aromatic heterocycles. The van der Waals surface area contributed by atoms with Crippen molar-refractivity contribution >= 4 is 12.4 Å². The molecular formula is C17H26ClFN2. The second kappa shape index (κ2) is 8.11. The van der Waals surface area contributed by atoms with Gasteiger partial charge >= 0.3 is 0 Å². The molecule has 2 fully saturated rings. The molecule has 0 amide bonds. The smallest absolute Gasteiger partial charge is 0.123 e. The quantitative estimate of drug-likeness (QED) is 0.914. The molecule has 0 unspecified atom stereocenters. The molecule has 1 saturated heterocycles. The Morgan fingerprint density at radius 1 is 1.00 bits per heavy atom. The van der Waals surface area contributed by atoms with Gasteiger partial charge in [-0.1, -0.05) is 31.4 Å². The van der Waals surface area contributed by atoms with Crippen molar-refractivity contribution in [2.45, 2.75) is 38.1 Å². The fourth-order valence-corrected chi connectivity index (χ4v) is 3.85. The zero-order valence-electron chi connectivity index (χ0n) is 12.6. The van der Waals surface area contributed by atoms with E-state index in [1.165, 1.54) is 37.7 Å². The van der Waals surface area contributed by atoms with Crippen LogP contribution in [-0.2, 0) is 0 Å². The number of nitrogens with zero attached hydrogens (tertiary/aromatic N) is 1. The number of hydrogen-bond acceptors (Lipinski definition) is 2. The van der Waals surface area contributed by atoms with Gasteiger partial charge in [-0.3, -0.25) is 4.90 Å². The van der Waals surface area contributed by atoms with Gasteiger partial charge in [-0.15, -0.1) is 12.4 Å². The average Bonchev–Trinajstić information content (AvgIpc) is 2.52. The Kier molecular flexibility index (Phi) is 6.46. The lowest BCUT2D eigenvalue weighted by Gasteiger charge is -2.41. The minimum absolute atomic E-state index is 0. The predicted molar refractivity (Wildman–Crippen MR) is 87.4 cm³/mol. The van der Waals surface area contributed by atoms with Crippen molar-refractivity contribution in [3.63, 3.8) is 0 Å². The van der Waals surface area contributed by atoms with Gasteiger partial charge in [0.2, 0.25) is 0 Å². The molecule has 2 nitrogen and oxygen atoms in total. The molecule has 1 N–H and O–H groups in total. The van der Waals surface area contributed by atoms with Gasteiger partial charge in [0, 0.05) is 32.2 Å². The van der Waals surface area contributed by atoms with Gasteiger partial charge in [0.05, 0.1) is 0 Å². The van der Waals surface area contributed by atoms with E-state index in [9.17, 15) is 4.39 Å². The first-order valence-electron chi connectivity index (χ1n) is 8.05. The molecule has 1 aromatic carbocycles. The van der Waals surface area contributed by atoms with Crippen molar-refractivity contribution in [1.82, 2.24) is 10.2 Å². The topological polar surface area (TPSA) is 15.3 Å². The SMILES string of the molecule is Cl.Fc1ccc([C@@H](C2CCCCC2)N2CCNCC2)cc1. The number of rotatable bonds is 3. The Morgan fingerprint density at radius 3 is 2.24 bits per heavy atom. The average molecular weight is 313 g/mol. The van der Waals surface area contributed by atoms with Crippen molar-refractivity contribution in [2.75, 3.05) is 26.2 Å². The molecule has 1 saturated carbocycles. The zero-order valence-corrected chi connectivity index (χ0v) is 13.4. The van der Waals surface area contributed by atoms with Crippen LogP contribution in [0.25, 0.3) is 0 Å². The van der Waals surface area contributed by atoms with Crippen LogP contribution in [0.1, 0.15) is 43.7 Å². The van der Waals surface area contributed by atoms with Gasteiger partial charge in [-0.05, 0) is 36.5 Å². The Hall–Kier alpha value is -0.640. The lowest BCUT2D eigenvalue weighted by Crippen LogP contribution is -2.47. The van der Waals surface area contributed by atoms with Crippen LogP contribution in [0.5, 0.6) is 0 Å². The van der Waals surface area contributed by atoms with E-state index in [1.54, 1.807) is 12.1 Å². The van der Waals surface area contributed by atoms with Crippen LogP contribution in [0.15, 0.2) is 24.3 Å². The number of halogens is 2. The molecule has 1 atom stereocenters. The van der Waals surface area contributed by atoms with Crippen LogP contribution in [0.2, 0.25) is 0 Å². The maximum Gasteiger partial charge on any atom is 0.123 e. The van der Waals surface area contributed by atoms with Gasteiger partial charge in [-0.25, -0.2) is 4.39 Å². The molecule has 3 rings (SSSR count). The van der Waals surface area contributed by atoms with Crippen molar-refractivity contribution < 1.29 is 4.39 Å². The van der Waals surface area contributed by atoms with Crippen LogP contribution in [-0.4, -0.2) is 31.1 Å². The number of benzene rings is 1. The van der Waals surface area contributed by atoms with E-state index in [2.05, 4.69) is 10.2 Å². The predicted octanol–water partition coefficient (Wildman–Crippen LogP) is 3.77. The zero-order chi connectivity index (χ0) is 13.8. The van der Waals surface area contributed by atoms with Gasteiger partial charge in [-0.2, -0.15) is 0 Å². The Morgan fingerprint density at radius 2 is 1.62 bits per heavy atom. The minimum Gasteiger partial charge on any atom is -0.314 e. The van der Waals surface area contributed by atoms with Gasteiger partial charge in [0.15, 0.2) is 0 Å². The van der Waals surface area contributed by atoms with Crippen LogP contribution in [0.4, 0.5) is 4.39 Å². The molecule has 118 valence electrons. The highest BCUT2D eigenvalue weighted by molar-refractivity contribution is 5.85. The third kappa shape index (κ3) is 4.18. The molecule has 2 aliphatic rings. The standard InChI is InChI=1S/C17H25FN2.ClH/c18-16-8-6-15(7-9-16)17(14-4-2-1-3-5-14)20-12-10-19-11-13-20;/h6-9,14,17,19H,1-5,10-13H2;1H/t17-;/m1./s1. The van der Waals surface area contributed by atoms with Crippen molar-refractivity contribution in [1.29, 1.82) is 0 Å². The van der Waals surface area contributed by atoms with E-state index in [4.69, 9.17) is 0 Å². The molecule has 1 heterocycles. The molecule has 0 spiro atoms. The summed E-state index contributed by atoms with van der Waals surface area (Å²) in [7, 11) is 0. The lowest BCUT2D eigenvalue weighted by atomic mass is 9.80. The fraction of sp³-hybridized carbons (Fsp3) is 0.647. The Balaban J connectivity index is 0.00000161. The van der Waals surface area contributed by atoms with Crippen molar-refractivity contribution in [3.8, 4) is 0 Å². The summed E-state index contributed by atoms with van der Waals surface area (Å²) < 4.78 is 13.2. The molecule has 1 aromatic rings. The summed E-state index contributed by atoms with van der Waals surface area (Å²) >= 11 is 0.